The van der Waals surface area contributed by atoms with Crippen LogP contribution in [0.1, 0.15) is 46.4 Å². The first-order chi connectivity index (χ1) is 12.9. The second-order valence-electron chi connectivity index (χ2n) is 7.77. The molecule has 0 spiro atoms. The van der Waals surface area contributed by atoms with E-state index in [-0.39, 0.29) is 23.9 Å². The topological polar surface area (TPSA) is 45.9 Å². The molecule has 0 bridgehead atoms. The Balaban J connectivity index is 1.94. The van der Waals surface area contributed by atoms with Crippen LogP contribution in [-0.2, 0) is 4.79 Å². The van der Waals surface area contributed by atoms with Crippen LogP contribution >= 0.6 is 0 Å². The maximum absolute atomic E-state index is 13.2. The van der Waals surface area contributed by atoms with Gasteiger partial charge in [-0.05, 0) is 71.0 Å². The van der Waals surface area contributed by atoms with Crippen molar-refractivity contribution >= 4 is 11.6 Å². The van der Waals surface area contributed by atoms with Gasteiger partial charge >= 0.3 is 0 Å². The molecule has 0 saturated carbocycles. The van der Waals surface area contributed by atoms with E-state index in [1.165, 1.54) is 0 Å². The lowest BCUT2D eigenvalue weighted by atomic mass is 9.78. The summed E-state index contributed by atoms with van der Waals surface area (Å²) in [6.45, 7) is 10.9. The van der Waals surface area contributed by atoms with Gasteiger partial charge in [-0.15, -0.1) is 0 Å². The summed E-state index contributed by atoms with van der Waals surface area (Å²) in [6, 6.07) is 12.2. The van der Waals surface area contributed by atoms with E-state index in [0.29, 0.717) is 12.1 Å². The number of ether oxygens (including phenoxy) is 1. The number of amides is 1. The Morgan fingerprint density at radius 3 is 2.15 bits per heavy atom. The van der Waals surface area contributed by atoms with Crippen molar-refractivity contribution in [3.63, 3.8) is 0 Å². The van der Waals surface area contributed by atoms with Crippen LogP contribution < -0.4 is 9.64 Å². The SMILES string of the molecule is COc1ccc(N2C(=O)[C@H]([C@H](C)N(C(C)C)C(C)C)[C@H]2c2ccco2)cc1. The van der Waals surface area contributed by atoms with E-state index in [0.717, 1.165) is 17.2 Å². The summed E-state index contributed by atoms with van der Waals surface area (Å²) in [5.41, 5.74) is 0.867. The van der Waals surface area contributed by atoms with Crippen molar-refractivity contribution in [2.45, 2.75) is 58.8 Å². The number of nitrogens with zero attached hydrogens (tertiary/aromatic N) is 2. The maximum atomic E-state index is 13.2. The van der Waals surface area contributed by atoms with Crippen LogP contribution in [0.5, 0.6) is 5.75 Å². The lowest BCUT2D eigenvalue weighted by molar-refractivity contribution is -0.135. The molecule has 1 aliphatic rings. The predicted molar refractivity (Wildman–Crippen MR) is 107 cm³/mol. The highest BCUT2D eigenvalue weighted by Gasteiger charge is 2.54. The lowest BCUT2D eigenvalue weighted by Crippen LogP contribution is -2.63. The van der Waals surface area contributed by atoms with Crippen LogP contribution in [-0.4, -0.2) is 36.0 Å². The molecule has 1 amide bonds. The molecule has 0 radical (unpaired) electrons. The van der Waals surface area contributed by atoms with Crippen LogP contribution in [0.2, 0.25) is 0 Å². The van der Waals surface area contributed by atoms with E-state index in [1.54, 1.807) is 13.4 Å². The summed E-state index contributed by atoms with van der Waals surface area (Å²) in [7, 11) is 1.64. The van der Waals surface area contributed by atoms with E-state index in [1.807, 2.05) is 41.3 Å². The third-order valence-electron chi connectivity index (χ3n) is 5.51. The van der Waals surface area contributed by atoms with Crippen molar-refractivity contribution in [3.05, 3.63) is 48.4 Å². The van der Waals surface area contributed by atoms with Crippen molar-refractivity contribution in [1.82, 2.24) is 4.90 Å². The predicted octanol–water partition coefficient (Wildman–Crippen LogP) is 4.50. The number of β-lactam (4-membered cyclic amide) rings is 1. The van der Waals surface area contributed by atoms with E-state index in [4.69, 9.17) is 9.15 Å². The first kappa shape index (κ1) is 19.5. The molecule has 146 valence electrons. The van der Waals surface area contributed by atoms with Gasteiger partial charge in [0.05, 0.1) is 19.3 Å². The molecule has 3 rings (SSSR count). The first-order valence-electron chi connectivity index (χ1n) is 9.64. The monoisotopic (exact) mass is 370 g/mol. The van der Waals surface area contributed by atoms with Gasteiger partial charge < -0.3 is 14.1 Å². The van der Waals surface area contributed by atoms with E-state index in [9.17, 15) is 4.79 Å². The number of anilines is 1. The van der Waals surface area contributed by atoms with Gasteiger partial charge in [0, 0.05) is 23.8 Å². The van der Waals surface area contributed by atoms with Crippen molar-refractivity contribution < 1.29 is 13.9 Å². The first-order valence-corrected chi connectivity index (χ1v) is 9.64. The van der Waals surface area contributed by atoms with Crippen molar-refractivity contribution in [2.24, 2.45) is 5.92 Å². The molecule has 0 N–H and O–H groups in total. The minimum absolute atomic E-state index is 0.101. The van der Waals surface area contributed by atoms with Gasteiger partial charge in [0.15, 0.2) is 0 Å². The average Bonchev–Trinajstić information content (AvgIpc) is 3.13. The zero-order valence-corrected chi connectivity index (χ0v) is 17.0. The third kappa shape index (κ3) is 3.48. The molecule has 2 heterocycles. The lowest BCUT2D eigenvalue weighted by Gasteiger charge is -2.52. The normalized spacial score (nSPS) is 21.1. The molecule has 2 aromatic rings. The van der Waals surface area contributed by atoms with E-state index >= 15 is 0 Å². The molecule has 1 saturated heterocycles. The molecular weight excluding hydrogens is 340 g/mol. The summed E-state index contributed by atoms with van der Waals surface area (Å²) < 4.78 is 11.0. The fourth-order valence-electron chi connectivity index (χ4n) is 4.50. The highest BCUT2D eigenvalue weighted by Crippen LogP contribution is 2.47. The summed E-state index contributed by atoms with van der Waals surface area (Å²) in [5.74, 6) is 1.61. The quantitative estimate of drug-likeness (QED) is 0.673. The Labute approximate surface area is 161 Å². The smallest absolute Gasteiger partial charge is 0.234 e. The van der Waals surface area contributed by atoms with Crippen molar-refractivity contribution in [2.75, 3.05) is 12.0 Å². The van der Waals surface area contributed by atoms with Gasteiger partial charge in [0.25, 0.3) is 0 Å². The largest absolute Gasteiger partial charge is 0.497 e. The molecule has 0 aliphatic carbocycles. The van der Waals surface area contributed by atoms with Gasteiger partial charge in [-0.1, -0.05) is 0 Å². The molecule has 1 aliphatic heterocycles. The van der Waals surface area contributed by atoms with Crippen molar-refractivity contribution in [1.29, 1.82) is 0 Å². The van der Waals surface area contributed by atoms with Gasteiger partial charge in [0.2, 0.25) is 5.91 Å². The Kier molecular flexibility index (Phi) is 5.61. The Bertz CT molecular complexity index is 744. The molecular formula is C22H30N2O3. The number of hydrogen-bond acceptors (Lipinski definition) is 4. The standard InChI is InChI=1S/C22H30N2O3/c1-14(2)23(15(3)4)16(5)20-21(19-8-7-13-27-19)24(22(20)25)17-9-11-18(26-6)12-10-17/h7-16,20-21H,1-6H3/t16-,20+,21+/m0/s1. The highest BCUT2D eigenvalue weighted by atomic mass is 16.5. The fourth-order valence-corrected chi connectivity index (χ4v) is 4.50. The van der Waals surface area contributed by atoms with E-state index in [2.05, 4.69) is 39.5 Å². The second kappa shape index (κ2) is 7.77. The summed E-state index contributed by atoms with van der Waals surface area (Å²) in [5, 5.41) is 0. The number of hydrogen-bond donors (Lipinski definition) is 0. The molecule has 5 heteroatoms. The second-order valence-corrected chi connectivity index (χ2v) is 7.77. The molecule has 1 fully saturated rings. The molecule has 0 unspecified atom stereocenters. The Morgan fingerprint density at radius 2 is 1.67 bits per heavy atom. The Morgan fingerprint density at radius 1 is 1.04 bits per heavy atom. The number of carbonyl (C=O) groups excluding carboxylic acids is 1. The summed E-state index contributed by atoms with van der Waals surface area (Å²) >= 11 is 0. The summed E-state index contributed by atoms with van der Waals surface area (Å²) in [4.78, 5) is 17.5. The van der Waals surface area contributed by atoms with Gasteiger partial charge in [0.1, 0.15) is 17.6 Å². The zero-order chi connectivity index (χ0) is 19.7. The molecule has 1 aromatic carbocycles. The van der Waals surface area contributed by atoms with Crippen LogP contribution in [0.15, 0.2) is 47.1 Å². The maximum Gasteiger partial charge on any atom is 0.234 e. The third-order valence-corrected chi connectivity index (χ3v) is 5.51. The van der Waals surface area contributed by atoms with Gasteiger partial charge in [-0.3, -0.25) is 9.69 Å². The number of carbonyl (C=O) groups is 1. The van der Waals surface area contributed by atoms with E-state index < -0.39 is 0 Å². The number of furan rings is 1. The summed E-state index contributed by atoms with van der Waals surface area (Å²) in [6.07, 6.45) is 1.68. The Hall–Kier alpha value is -2.27. The fraction of sp³-hybridized carbons (Fsp3) is 0.500. The molecule has 27 heavy (non-hydrogen) atoms. The molecule has 1 aromatic heterocycles. The zero-order valence-electron chi connectivity index (χ0n) is 17.0. The molecule has 3 atom stereocenters. The number of rotatable bonds is 7. The van der Waals surface area contributed by atoms with Gasteiger partial charge in [-0.2, -0.15) is 0 Å². The molecule has 5 nitrogen and oxygen atoms in total. The number of methoxy groups -OCH3 is 1. The van der Waals surface area contributed by atoms with Crippen LogP contribution in [0, 0.1) is 5.92 Å². The van der Waals surface area contributed by atoms with Gasteiger partial charge in [-0.25, -0.2) is 0 Å². The van der Waals surface area contributed by atoms with Crippen LogP contribution in [0.25, 0.3) is 0 Å². The minimum Gasteiger partial charge on any atom is -0.497 e. The number of benzene rings is 1. The van der Waals surface area contributed by atoms with Crippen LogP contribution in [0.4, 0.5) is 5.69 Å². The minimum atomic E-state index is -0.136. The average molecular weight is 370 g/mol. The highest BCUT2D eigenvalue weighted by molar-refractivity contribution is 6.03. The van der Waals surface area contributed by atoms with Crippen molar-refractivity contribution in [3.8, 4) is 5.75 Å². The van der Waals surface area contributed by atoms with Crippen LogP contribution in [0.3, 0.4) is 0 Å².